The summed E-state index contributed by atoms with van der Waals surface area (Å²) in [5.74, 6) is -0.202. The number of carbonyl (C=O) groups is 1. The van der Waals surface area contributed by atoms with Crippen LogP contribution in [0.3, 0.4) is 0 Å². The normalized spacial score (nSPS) is 18.1. The Balaban J connectivity index is 2.05. The van der Waals surface area contributed by atoms with Crippen molar-refractivity contribution < 1.29 is 9.36 Å². The molecule has 0 aliphatic heterocycles. The second kappa shape index (κ2) is 7.56. The molecule has 1 aromatic heterocycles. The molecule has 0 radical (unpaired) electrons. The van der Waals surface area contributed by atoms with Gasteiger partial charge in [0, 0.05) is 6.07 Å². The molecule has 1 N–H and O–H groups in total. The van der Waals surface area contributed by atoms with Crippen molar-refractivity contribution in [1.82, 2.24) is 5.43 Å². The molecule has 1 amide bonds. The van der Waals surface area contributed by atoms with E-state index in [1.807, 2.05) is 36.9 Å². The molecule has 4 nitrogen and oxygen atoms in total. The maximum atomic E-state index is 12.1. The number of aryl methyl sites for hydroxylation is 1. The molecule has 1 aliphatic rings. The first-order valence-electron chi connectivity index (χ1n) is 8.48. The van der Waals surface area contributed by atoms with Crippen LogP contribution < -0.4 is 9.99 Å². The average Bonchev–Trinajstić information content (AvgIpc) is 2.51. The molecule has 1 aliphatic carbocycles. The molecule has 4 heteroatoms. The number of aromatic nitrogens is 1. The summed E-state index contributed by atoms with van der Waals surface area (Å²) in [7, 11) is 1.88. The number of allylic oxidation sites excluding steroid dienone is 4. The number of carbonyl (C=O) groups excluding carboxylic acids is 1. The van der Waals surface area contributed by atoms with Crippen LogP contribution in [0.5, 0.6) is 0 Å². The van der Waals surface area contributed by atoms with Gasteiger partial charge in [-0.1, -0.05) is 25.5 Å². The highest BCUT2D eigenvalue weighted by atomic mass is 16.2. The largest absolute Gasteiger partial charge is 0.277 e. The van der Waals surface area contributed by atoms with Crippen molar-refractivity contribution in [3.8, 4) is 0 Å². The van der Waals surface area contributed by atoms with E-state index in [1.54, 1.807) is 12.3 Å². The van der Waals surface area contributed by atoms with E-state index < -0.39 is 0 Å². The number of rotatable bonds is 4. The summed E-state index contributed by atoms with van der Waals surface area (Å²) in [5, 5.41) is 4.19. The smallest absolute Gasteiger partial charge is 0.267 e. The molecule has 0 bridgehead atoms. The van der Waals surface area contributed by atoms with E-state index in [9.17, 15) is 4.79 Å². The Morgan fingerprint density at radius 3 is 2.83 bits per heavy atom. The fourth-order valence-corrected chi connectivity index (χ4v) is 3.18. The minimum absolute atomic E-state index is 0.202. The number of nitrogens with one attached hydrogen (secondary N) is 1. The zero-order valence-electron chi connectivity index (χ0n) is 15.4. The molecule has 0 saturated heterocycles. The Labute approximate surface area is 145 Å². The summed E-state index contributed by atoms with van der Waals surface area (Å²) >= 11 is 0. The predicted molar refractivity (Wildman–Crippen MR) is 97.7 cm³/mol. The molecule has 24 heavy (non-hydrogen) atoms. The zero-order valence-corrected chi connectivity index (χ0v) is 15.4. The van der Waals surface area contributed by atoms with Crippen molar-refractivity contribution in [2.45, 2.75) is 47.0 Å². The third-order valence-electron chi connectivity index (χ3n) is 4.57. The van der Waals surface area contributed by atoms with Gasteiger partial charge >= 0.3 is 0 Å². The fraction of sp³-hybridized carbons (Fsp3) is 0.450. The zero-order chi connectivity index (χ0) is 17.7. The Kier molecular flexibility index (Phi) is 5.71. The monoisotopic (exact) mass is 326 g/mol. The molecule has 0 atom stereocenters. The van der Waals surface area contributed by atoms with Gasteiger partial charge in [0.1, 0.15) is 12.6 Å². The van der Waals surface area contributed by atoms with Crippen molar-refractivity contribution >= 4 is 11.6 Å². The van der Waals surface area contributed by atoms with Gasteiger partial charge in [0.2, 0.25) is 0 Å². The predicted octanol–water partition coefficient (Wildman–Crippen LogP) is 3.70. The second-order valence-electron chi connectivity index (χ2n) is 7.22. The molecule has 0 unspecified atom stereocenters. The van der Waals surface area contributed by atoms with Gasteiger partial charge in [-0.15, -0.1) is 0 Å². The standard InChI is InChI=1S/C20H27N3O/c1-15-8-6-12-20(3,4)18(15)11-10-16(2)21-22-19(24)17-9-7-13-23(5)14-17/h7,9-11,13-14H,6,8,12H2,1-5H3/p+1/b11-10+,21-16-. The fourth-order valence-electron chi connectivity index (χ4n) is 3.18. The SMILES string of the molecule is CC1=C(/C=C/C(C)=N\NC(=O)c2ccc[n+](C)c2)C(C)(C)CCC1. The van der Waals surface area contributed by atoms with Crippen molar-refractivity contribution in [2.75, 3.05) is 0 Å². The highest BCUT2D eigenvalue weighted by molar-refractivity contribution is 5.97. The lowest BCUT2D eigenvalue weighted by Gasteiger charge is -2.32. The summed E-state index contributed by atoms with van der Waals surface area (Å²) in [6.07, 6.45) is 11.4. The third kappa shape index (κ3) is 4.63. The topological polar surface area (TPSA) is 45.3 Å². The van der Waals surface area contributed by atoms with Crippen molar-refractivity contribution in [3.63, 3.8) is 0 Å². The molecule has 2 rings (SSSR count). The summed E-state index contributed by atoms with van der Waals surface area (Å²) in [4.78, 5) is 12.1. The molecular weight excluding hydrogens is 298 g/mol. The molecule has 0 spiro atoms. The second-order valence-corrected chi connectivity index (χ2v) is 7.22. The lowest BCUT2D eigenvalue weighted by Crippen LogP contribution is -2.30. The van der Waals surface area contributed by atoms with Gasteiger partial charge in [-0.05, 0) is 56.2 Å². The van der Waals surface area contributed by atoms with Crippen LogP contribution in [0.4, 0.5) is 0 Å². The number of amides is 1. The number of nitrogens with zero attached hydrogens (tertiary/aromatic N) is 2. The molecule has 1 heterocycles. The van der Waals surface area contributed by atoms with E-state index in [1.165, 1.54) is 30.4 Å². The minimum Gasteiger partial charge on any atom is -0.267 e. The Morgan fingerprint density at radius 1 is 1.42 bits per heavy atom. The Morgan fingerprint density at radius 2 is 2.17 bits per heavy atom. The number of hydrazone groups is 1. The Bertz CT molecular complexity index is 711. The molecule has 0 fully saturated rings. The molecule has 128 valence electrons. The number of hydrogen-bond acceptors (Lipinski definition) is 2. The van der Waals surface area contributed by atoms with Gasteiger partial charge in [-0.2, -0.15) is 5.10 Å². The maximum absolute atomic E-state index is 12.1. The van der Waals surface area contributed by atoms with Crippen LogP contribution in [-0.2, 0) is 7.05 Å². The van der Waals surface area contributed by atoms with Gasteiger partial charge in [0.15, 0.2) is 12.4 Å². The minimum atomic E-state index is -0.202. The molecule has 0 aromatic carbocycles. The van der Waals surface area contributed by atoms with Crippen LogP contribution >= 0.6 is 0 Å². The van der Waals surface area contributed by atoms with E-state index >= 15 is 0 Å². The third-order valence-corrected chi connectivity index (χ3v) is 4.57. The van der Waals surface area contributed by atoms with E-state index in [2.05, 4.69) is 37.4 Å². The average molecular weight is 326 g/mol. The van der Waals surface area contributed by atoms with Gasteiger partial charge in [-0.3, -0.25) is 4.79 Å². The highest BCUT2D eigenvalue weighted by Gasteiger charge is 2.26. The van der Waals surface area contributed by atoms with Crippen LogP contribution in [0.25, 0.3) is 0 Å². The summed E-state index contributed by atoms with van der Waals surface area (Å²) in [6, 6.07) is 3.61. The van der Waals surface area contributed by atoms with Crippen molar-refractivity contribution in [1.29, 1.82) is 0 Å². The first-order chi connectivity index (χ1) is 11.3. The lowest BCUT2D eigenvalue weighted by atomic mass is 9.72. The molecule has 1 aromatic rings. The summed E-state index contributed by atoms with van der Waals surface area (Å²) < 4.78 is 1.84. The maximum Gasteiger partial charge on any atom is 0.277 e. The van der Waals surface area contributed by atoms with Crippen LogP contribution in [0.2, 0.25) is 0 Å². The van der Waals surface area contributed by atoms with Crippen LogP contribution in [0, 0.1) is 5.41 Å². The lowest BCUT2D eigenvalue weighted by molar-refractivity contribution is -0.671. The van der Waals surface area contributed by atoms with Gasteiger partial charge in [0.05, 0.1) is 5.71 Å². The van der Waals surface area contributed by atoms with Crippen LogP contribution in [-0.4, -0.2) is 11.6 Å². The molecule has 0 saturated carbocycles. The van der Waals surface area contributed by atoms with Crippen molar-refractivity contribution in [3.05, 3.63) is 53.4 Å². The first kappa shape index (κ1) is 18.1. The highest BCUT2D eigenvalue weighted by Crippen LogP contribution is 2.40. The Hall–Kier alpha value is -2.23. The van der Waals surface area contributed by atoms with Gasteiger partial charge in [-0.25, -0.2) is 9.99 Å². The summed E-state index contributed by atoms with van der Waals surface area (Å²) in [6.45, 7) is 8.69. The van der Waals surface area contributed by atoms with Crippen LogP contribution in [0.1, 0.15) is 57.3 Å². The van der Waals surface area contributed by atoms with E-state index in [0.29, 0.717) is 5.56 Å². The summed E-state index contributed by atoms with van der Waals surface area (Å²) in [5.41, 5.74) is 7.04. The molecular formula is C20H28N3O+. The van der Waals surface area contributed by atoms with Crippen molar-refractivity contribution in [2.24, 2.45) is 17.6 Å². The van der Waals surface area contributed by atoms with Crippen LogP contribution in [0.15, 0.2) is 52.9 Å². The van der Waals surface area contributed by atoms with E-state index in [-0.39, 0.29) is 11.3 Å². The van der Waals surface area contributed by atoms with Gasteiger partial charge < -0.3 is 0 Å². The quantitative estimate of drug-likeness (QED) is 0.512. The van der Waals surface area contributed by atoms with E-state index in [4.69, 9.17) is 0 Å². The number of hydrogen-bond donors (Lipinski definition) is 1. The number of pyridine rings is 1. The van der Waals surface area contributed by atoms with E-state index in [0.717, 1.165) is 5.71 Å². The first-order valence-corrected chi connectivity index (χ1v) is 8.48. The van der Waals surface area contributed by atoms with Gasteiger partial charge in [0.25, 0.3) is 5.91 Å².